The van der Waals surface area contributed by atoms with Crippen LogP contribution in [0.5, 0.6) is 5.75 Å². The third kappa shape index (κ3) is 5.38. The molecule has 35 heavy (non-hydrogen) atoms. The van der Waals surface area contributed by atoms with E-state index in [1.807, 2.05) is 0 Å². The van der Waals surface area contributed by atoms with E-state index in [1.165, 1.54) is 25.4 Å². The van der Waals surface area contributed by atoms with Crippen molar-refractivity contribution in [1.82, 2.24) is 24.8 Å². The molecule has 4 aromatic rings. The zero-order chi connectivity index (χ0) is 25.2. The highest BCUT2D eigenvalue weighted by molar-refractivity contribution is 7.86. The second-order valence-corrected chi connectivity index (χ2v) is 8.69. The first-order valence-electron chi connectivity index (χ1n) is 10.2. The average Bonchev–Trinajstić information content (AvgIpc) is 3.22. The molecule has 0 radical (unpaired) electrons. The summed E-state index contributed by atoms with van der Waals surface area (Å²) in [6, 6.07) is 10.2. The number of nitrogen functional groups attached to an aromatic ring is 1. The molecule has 4 rings (SSSR count). The molecule has 0 unspecified atom stereocenters. The van der Waals surface area contributed by atoms with E-state index < -0.39 is 26.7 Å². The Morgan fingerprint density at radius 3 is 2.69 bits per heavy atom. The fraction of sp³-hybridized carbons (Fsp3) is 0.143. The molecule has 182 valence electrons. The fourth-order valence-electron chi connectivity index (χ4n) is 3.27. The molecule has 14 heteroatoms. The summed E-state index contributed by atoms with van der Waals surface area (Å²) < 4.78 is 42.9. The minimum Gasteiger partial charge on any atom is -0.492 e. The van der Waals surface area contributed by atoms with Crippen LogP contribution in [0.15, 0.2) is 58.5 Å². The van der Waals surface area contributed by atoms with Crippen molar-refractivity contribution in [1.29, 1.82) is 0 Å². The van der Waals surface area contributed by atoms with Crippen molar-refractivity contribution < 1.29 is 21.8 Å². The largest absolute Gasteiger partial charge is 0.492 e. The number of halogens is 1. The number of aromatic nitrogens is 4. The number of hydrogen-bond acceptors (Lipinski definition) is 8. The molecule has 2 aromatic heterocycles. The summed E-state index contributed by atoms with van der Waals surface area (Å²) in [5.74, 6) is 0.512. The van der Waals surface area contributed by atoms with E-state index in [1.54, 1.807) is 28.8 Å². The molecule has 0 aliphatic rings. The molecule has 2 amide bonds. The second kappa shape index (κ2) is 9.42. The molecule has 0 aliphatic carbocycles. The van der Waals surface area contributed by atoms with Crippen LogP contribution in [0.4, 0.5) is 20.3 Å². The maximum Gasteiger partial charge on any atom is 0.332 e. The van der Waals surface area contributed by atoms with E-state index in [2.05, 4.69) is 25.6 Å². The van der Waals surface area contributed by atoms with Gasteiger partial charge in [-0.2, -0.15) is 13.4 Å². The Morgan fingerprint density at radius 2 is 1.97 bits per heavy atom. The van der Waals surface area contributed by atoms with Gasteiger partial charge in [0.15, 0.2) is 11.2 Å². The number of ether oxygens (including phenoxy) is 1. The van der Waals surface area contributed by atoms with E-state index in [-0.39, 0.29) is 35.9 Å². The second-order valence-electron chi connectivity index (χ2n) is 7.38. The first kappa shape index (κ1) is 23.7. The lowest BCUT2D eigenvalue weighted by Gasteiger charge is -2.11. The standard InChI is InChI=1S/C21H20FN7O5S/c1-12-2-3-13(10-16(12)35(22,32)33)26-21(31)24-8-9-34-15-6-4-14(5-7-15)29-11-25-17-18(29)27-20(23)28-19(17)30/h2-7,10-11H,8-9H2,1H3,(H2,24,26,31)(H3,23,27,28,30). The Balaban J connectivity index is 1.31. The van der Waals surface area contributed by atoms with Crippen molar-refractivity contribution in [3.63, 3.8) is 0 Å². The Labute approximate surface area is 198 Å². The van der Waals surface area contributed by atoms with Gasteiger partial charge in [0.1, 0.15) is 23.6 Å². The number of anilines is 2. The van der Waals surface area contributed by atoms with Gasteiger partial charge in [0.05, 0.1) is 6.54 Å². The first-order valence-corrected chi connectivity index (χ1v) is 11.6. The Hall–Kier alpha value is -4.46. The number of aryl methyl sites for hydroxylation is 1. The number of H-pyrrole nitrogens is 1. The lowest BCUT2D eigenvalue weighted by Crippen LogP contribution is -2.32. The molecule has 2 aromatic carbocycles. The lowest BCUT2D eigenvalue weighted by atomic mass is 10.2. The molecule has 5 N–H and O–H groups in total. The Morgan fingerprint density at radius 1 is 1.23 bits per heavy atom. The first-order chi connectivity index (χ1) is 16.6. The van der Waals surface area contributed by atoms with Crippen LogP contribution >= 0.6 is 0 Å². The highest BCUT2D eigenvalue weighted by Gasteiger charge is 2.16. The average molecular weight is 502 g/mol. The number of rotatable bonds is 7. The number of nitrogens with one attached hydrogen (secondary N) is 3. The number of benzene rings is 2. The highest BCUT2D eigenvalue weighted by Crippen LogP contribution is 2.22. The molecule has 0 saturated heterocycles. The molecular weight excluding hydrogens is 481 g/mol. The summed E-state index contributed by atoms with van der Waals surface area (Å²) in [6.07, 6.45) is 1.46. The quantitative estimate of drug-likeness (QED) is 0.219. The fourth-order valence-corrected chi connectivity index (χ4v) is 3.99. The monoisotopic (exact) mass is 501 g/mol. The van der Waals surface area contributed by atoms with Crippen LogP contribution in [0.1, 0.15) is 5.56 Å². The van der Waals surface area contributed by atoms with Crippen molar-refractivity contribution in [3.05, 3.63) is 64.7 Å². The summed E-state index contributed by atoms with van der Waals surface area (Å²) in [5.41, 5.74) is 6.71. The van der Waals surface area contributed by atoms with Gasteiger partial charge in [-0.15, -0.1) is 3.89 Å². The molecule has 2 heterocycles. The van der Waals surface area contributed by atoms with Crippen molar-refractivity contribution in [3.8, 4) is 11.4 Å². The molecule has 0 spiro atoms. The molecule has 0 aliphatic heterocycles. The maximum atomic E-state index is 13.3. The number of aromatic amines is 1. The van der Waals surface area contributed by atoms with E-state index in [9.17, 15) is 21.9 Å². The number of nitrogens with two attached hydrogens (primary N) is 1. The molecule has 0 saturated carbocycles. The number of hydrogen-bond donors (Lipinski definition) is 4. The SMILES string of the molecule is Cc1ccc(NC(=O)NCCOc2ccc(-n3cnc4c(=O)[nH]c(N)nc43)cc2)cc1S(=O)(=O)F. The van der Waals surface area contributed by atoms with E-state index >= 15 is 0 Å². The van der Waals surface area contributed by atoms with Gasteiger partial charge in [-0.1, -0.05) is 6.07 Å². The smallest absolute Gasteiger partial charge is 0.332 e. The molecule has 12 nitrogen and oxygen atoms in total. The van der Waals surface area contributed by atoms with Crippen LogP contribution in [0.2, 0.25) is 0 Å². The highest BCUT2D eigenvalue weighted by atomic mass is 32.3. The summed E-state index contributed by atoms with van der Waals surface area (Å²) >= 11 is 0. The number of carbonyl (C=O) groups is 1. The van der Waals surface area contributed by atoms with Crippen LogP contribution in [-0.4, -0.2) is 47.1 Å². The molecule has 0 bridgehead atoms. The van der Waals surface area contributed by atoms with Gasteiger partial charge < -0.3 is 21.1 Å². The van der Waals surface area contributed by atoms with Gasteiger partial charge in [0, 0.05) is 11.4 Å². The lowest BCUT2D eigenvalue weighted by molar-refractivity contribution is 0.247. The number of urea groups is 1. The minimum absolute atomic E-state index is 0.0176. The number of fused-ring (bicyclic) bond motifs is 1. The van der Waals surface area contributed by atoms with Crippen LogP contribution in [-0.2, 0) is 10.2 Å². The van der Waals surface area contributed by atoms with Gasteiger partial charge >= 0.3 is 16.3 Å². The van der Waals surface area contributed by atoms with Crippen molar-refractivity contribution in [2.24, 2.45) is 0 Å². The maximum absolute atomic E-state index is 13.3. The summed E-state index contributed by atoms with van der Waals surface area (Å²) in [5, 5.41) is 5.00. The van der Waals surface area contributed by atoms with Crippen LogP contribution < -0.4 is 26.7 Å². The van der Waals surface area contributed by atoms with Crippen LogP contribution in [0.25, 0.3) is 16.9 Å². The van der Waals surface area contributed by atoms with Gasteiger partial charge in [0.25, 0.3) is 5.56 Å². The molecule has 0 fully saturated rings. The van der Waals surface area contributed by atoms with Gasteiger partial charge in [0.2, 0.25) is 5.95 Å². The van der Waals surface area contributed by atoms with E-state index in [0.717, 1.165) is 6.07 Å². The van der Waals surface area contributed by atoms with Crippen molar-refractivity contribution in [2.75, 3.05) is 24.2 Å². The number of carbonyl (C=O) groups excluding carboxylic acids is 1. The number of amides is 2. The Kier molecular flexibility index (Phi) is 6.38. The van der Waals surface area contributed by atoms with E-state index in [4.69, 9.17) is 10.5 Å². The topological polar surface area (TPSA) is 174 Å². The summed E-state index contributed by atoms with van der Waals surface area (Å²) in [7, 11) is -4.90. The minimum atomic E-state index is -4.90. The normalized spacial score (nSPS) is 11.4. The van der Waals surface area contributed by atoms with E-state index in [0.29, 0.717) is 17.1 Å². The van der Waals surface area contributed by atoms with Gasteiger partial charge in [-0.05, 0) is 48.9 Å². The predicted octanol–water partition coefficient (Wildman–Crippen LogP) is 1.86. The van der Waals surface area contributed by atoms with Gasteiger partial charge in [-0.3, -0.25) is 14.3 Å². The third-order valence-corrected chi connectivity index (χ3v) is 5.87. The molecule has 0 atom stereocenters. The summed E-state index contributed by atoms with van der Waals surface area (Å²) in [4.78, 5) is 34.0. The zero-order valence-corrected chi connectivity index (χ0v) is 19.1. The Bertz CT molecular complexity index is 1570. The van der Waals surface area contributed by atoms with Gasteiger partial charge in [-0.25, -0.2) is 9.78 Å². The number of nitrogens with zero attached hydrogens (tertiary/aromatic N) is 3. The zero-order valence-electron chi connectivity index (χ0n) is 18.3. The van der Waals surface area contributed by atoms with Crippen LogP contribution in [0.3, 0.4) is 0 Å². The number of imidazole rings is 1. The summed E-state index contributed by atoms with van der Waals surface area (Å²) in [6.45, 7) is 1.74. The van der Waals surface area contributed by atoms with Crippen molar-refractivity contribution in [2.45, 2.75) is 11.8 Å². The molecular formula is C21H20FN7O5S. The van der Waals surface area contributed by atoms with Crippen LogP contribution in [0, 0.1) is 6.92 Å². The van der Waals surface area contributed by atoms with Crippen molar-refractivity contribution >= 4 is 39.1 Å². The third-order valence-electron chi connectivity index (χ3n) is 4.91. The predicted molar refractivity (Wildman–Crippen MR) is 126 cm³/mol.